The monoisotopic (exact) mass is 886 g/mol. The van der Waals surface area contributed by atoms with E-state index >= 15 is 0 Å². The maximum atomic E-state index is 13.0. The molecule has 1 aliphatic rings. The highest BCUT2D eigenvalue weighted by Crippen LogP contribution is 2.30. The van der Waals surface area contributed by atoms with Crippen LogP contribution in [0.3, 0.4) is 0 Å². The van der Waals surface area contributed by atoms with Crippen LogP contribution in [-0.2, 0) is 19.1 Å². The van der Waals surface area contributed by atoms with Crippen LogP contribution in [0.2, 0.25) is 0 Å². The number of nitrogens with zero attached hydrogens (tertiary/aromatic N) is 6. The fraction of sp³-hybridized carbons (Fsp3) is 0.481. The third-order valence-corrected chi connectivity index (χ3v) is 11.9. The average molecular weight is 887 g/mol. The molecule has 346 valence electrons. The molecule has 0 aromatic heterocycles. The molecule has 0 N–H and O–H groups in total. The molecule has 1 unspecified atom stereocenters. The maximum absolute atomic E-state index is 13.0. The van der Waals surface area contributed by atoms with Gasteiger partial charge in [-0.25, -0.2) is 0 Å². The van der Waals surface area contributed by atoms with Crippen molar-refractivity contribution < 1.29 is 28.7 Å². The summed E-state index contributed by atoms with van der Waals surface area (Å²) in [6.07, 6.45) is 10.5. The number of piperazine rings is 1. The lowest BCUT2D eigenvalue weighted by molar-refractivity contribution is -0.384. The van der Waals surface area contributed by atoms with Gasteiger partial charge in [-0.05, 0) is 150 Å². The van der Waals surface area contributed by atoms with E-state index in [2.05, 4.69) is 45.2 Å². The number of nitriles is 1. The Labute approximate surface area is 384 Å². The number of hydrogen-bond acceptors (Lipinski definition) is 12. The summed E-state index contributed by atoms with van der Waals surface area (Å²) in [6.45, 7) is 12.3. The fourth-order valence-electron chi connectivity index (χ4n) is 7.75. The SMILES string of the molecule is CCCC(CCC(C)(C)C(=O)OCCCCCCN1CCN(c2ccc(N=Nc3ccc([N+](=O)[O-])cc3)cc2)CC1)C(=O)OCCCCCCOc1ccc(-c2ccc(C#N)cc2)cc1. The first-order chi connectivity index (χ1) is 31.5. The van der Waals surface area contributed by atoms with Crippen molar-refractivity contribution in [3.63, 3.8) is 0 Å². The summed E-state index contributed by atoms with van der Waals surface area (Å²) in [5.74, 6) is 0.235. The molecule has 0 amide bonds. The standard InChI is InChI=1S/C52H66N6O7/c1-4-13-44(50(59)64-38-11-8-7-10-37-63-49-28-18-43(19-29-49)42-16-14-41(40-53)15-17-42)30-31-52(2,3)51(60)65-39-12-6-5-9-32-56-33-35-57(36-34-56)47-24-20-45(21-25-47)54-55-46-22-26-48(27-23-46)58(61)62/h14-29,44H,4-13,30-39H2,1-3H3. The number of anilines is 1. The van der Waals surface area contributed by atoms with Crippen molar-refractivity contribution in [1.82, 2.24) is 4.90 Å². The topological polar surface area (TPSA) is 160 Å². The number of azo groups is 1. The second-order valence-corrected chi connectivity index (χ2v) is 17.4. The highest BCUT2D eigenvalue weighted by atomic mass is 16.6. The van der Waals surface area contributed by atoms with Gasteiger partial charge in [0.15, 0.2) is 0 Å². The first-order valence-corrected chi connectivity index (χ1v) is 23.4. The molecular weight excluding hydrogens is 821 g/mol. The van der Waals surface area contributed by atoms with Gasteiger partial charge in [-0.3, -0.25) is 24.6 Å². The Morgan fingerprint density at radius 1 is 0.723 bits per heavy atom. The van der Waals surface area contributed by atoms with Crippen LogP contribution in [0.4, 0.5) is 22.7 Å². The molecule has 0 bridgehead atoms. The number of non-ortho nitro benzene ring substituents is 1. The highest BCUT2D eigenvalue weighted by molar-refractivity contribution is 5.76. The molecule has 65 heavy (non-hydrogen) atoms. The Balaban J connectivity index is 0.861. The summed E-state index contributed by atoms with van der Waals surface area (Å²) < 4.78 is 17.3. The minimum atomic E-state index is -0.673. The van der Waals surface area contributed by atoms with Crippen LogP contribution in [0.25, 0.3) is 11.1 Å². The van der Waals surface area contributed by atoms with Crippen LogP contribution in [0.5, 0.6) is 5.75 Å². The van der Waals surface area contributed by atoms with Crippen molar-refractivity contribution in [3.8, 4) is 22.9 Å². The minimum Gasteiger partial charge on any atom is -0.494 e. The molecule has 1 heterocycles. The number of hydrogen-bond donors (Lipinski definition) is 0. The summed E-state index contributed by atoms with van der Waals surface area (Å²) >= 11 is 0. The van der Waals surface area contributed by atoms with Crippen LogP contribution < -0.4 is 9.64 Å². The number of nitro groups is 1. The second kappa shape index (κ2) is 26.6. The van der Waals surface area contributed by atoms with Crippen LogP contribution in [-0.4, -0.2) is 74.3 Å². The normalized spacial score (nSPS) is 13.6. The zero-order valence-corrected chi connectivity index (χ0v) is 38.5. The molecule has 1 atom stereocenters. The zero-order chi connectivity index (χ0) is 46.3. The van der Waals surface area contributed by atoms with Gasteiger partial charge in [0.2, 0.25) is 0 Å². The fourth-order valence-corrected chi connectivity index (χ4v) is 7.75. The van der Waals surface area contributed by atoms with Crippen LogP contribution in [0.1, 0.15) is 103 Å². The smallest absolute Gasteiger partial charge is 0.311 e. The predicted octanol–water partition coefficient (Wildman–Crippen LogP) is 12.2. The van der Waals surface area contributed by atoms with Gasteiger partial charge < -0.3 is 19.1 Å². The minimum absolute atomic E-state index is 0.0242. The predicted molar refractivity (Wildman–Crippen MR) is 255 cm³/mol. The number of unbranched alkanes of at least 4 members (excludes halogenated alkanes) is 6. The van der Waals surface area contributed by atoms with Crippen molar-refractivity contribution >= 4 is 34.7 Å². The van der Waals surface area contributed by atoms with Crippen LogP contribution in [0.15, 0.2) is 107 Å². The number of ether oxygens (including phenoxy) is 3. The van der Waals surface area contributed by atoms with Crippen LogP contribution >= 0.6 is 0 Å². The van der Waals surface area contributed by atoms with Gasteiger partial charge in [0.05, 0.1) is 59.1 Å². The van der Waals surface area contributed by atoms with Gasteiger partial charge >= 0.3 is 11.9 Å². The van der Waals surface area contributed by atoms with Gasteiger partial charge in [0.1, 0.15) is 5.75 Å². The Kier molecular flexibility index (Phi) is 20.4. The van der Waals surface area contributed by atoms with Gasteiger partial charge in [0, 0.05) is 44.0 Å². The van der Waals surface area contributed by atoms with Gasteiger partial charge in [0.25, 0.3) is 5.69 Å². The summed E-state index contributed by atoms with van der Waals surface area (Å²) in [7, 11) is 0. The lowest BCUT2D eigenvalue weighted by Crippen LogP contribution is -2.46. The van der Waals surface area contributed by atoms with E-state index in [4.69, 9.17) is 19.5 Å². The Morgan fingerprint density at radius 2 is 1.28 bits per heavy atom. The molecule has 4 aromatic rings. The van der Waals surface area contributed by atoms with Gasteiger partial charge in [-0.1, -0.05) is 50.5 Å². The molecule has 1 aliphatic heterocycles. The summed E-state index contributed by atoms with van der Waals surface area (Å²) in [5, 5.41) is 28.3. The zero-order valence-electron chi connectivity index (χ0n) is 38.5. The van der Waals surface area contributed by atoms with Gasteiger partial charge in [-0.15, -0.1) is 0 Å². The largest absolute Gasteiger partial charge is 0.494 e. The number of nitro benzene ring substituents is 1. The van der Waals surface area contributed by atoms with Crippen molar-refractivity contribution in [1.29, 1.82) is 5.26 Å². The van der Waals surface area contributed by atoms with Crippen molar-refractivity contribution in [2.45, 2.75) is 97.8 Å². The molecule has 1 saturated heterocycles. The van der Waals surface area contributed by atoms with E-state index in [-0.39, 0.29) is 23.5 Å². The quantitative estimate of drug-likeness (QED) is 0.0185. The highest BCUT2D eigenvalue weighted by Gasteiger charge is 2.32. The number of carbonyl (C=O) groups is 2. The Hall–Kier alpha value is -6.13. The number of esters is 2. The molecule has 1 fully saturated rings. The molecule has 13 nitrogen and oxygen atoms in total. The van der Waals surface area contributed by atoms with Gasteiger partial charge in [-0.2, -0.15) is 15.5 Å². The van der Waals surface area contributed by atoms with E-state index in [1.54, 1.807) is 12.1 Å². The molecule has 13 heteroatoms. The van der Waals surface area contributed by atoms with E-state index in [1.165, 1.54) is 12.1 Å². The summed E-state index contributed by atoms with van der Waals surface area (Å²) in [5.41, 5.74) is 4.56. The first kappa shape index (κ1) is 49.9. The van der Waals surface area contributed by atoms with Crippen molar-refractivity contribution in [2.75, 3.05) is 57.4 Å². The molecule has 0 radical (unpaired) electrons. The Bertz CT molecular complexity index is 2130. The average Bonchev–Trinajstić information content (AvgIpc) is 3.33. The first-order valence-electron chi connectivity index (χ1n) is 23.4. The molecule has 0 spiro atoms. The third-order valence-electron chi connectivity index (χ3n) is 11.9. The maximum Gasteiger partial charge on any atom is 0.311 e. The molecule has 0 aliphatic carbocycles. The van der Waals surface area contributed by atoms with Crippen LogP contribution in [0, 0.1) is 32.8 Å². The summed E-state index contributed by atoms with van der Waals surface area (Å²) in [6, 6.07) is 31.6. The van der Waals surface area contributed by atoms with E-state index in [1.807, 2.05) is 74.5 Å². The van der Waals surface area contributed by atoms with Crippen molar-refractivity contribution in [3.05, 3.63) is 113 Å². The van der Waals surface area contributed by atoms with E-state index in [0.717, 1.165) is 125 Å². The third kappa shape index (κ3) is 17.1. The second-order valence-electron chi connectivity index (χ2n) is 17.4. The van der Waals surface area contributed by atoms with E-state index < -0.39 is 10.3 Å². The number of rotatable bonds is 27. The number of carbonyl (C=O) groups excluding carboxylic acids is 2. The lowest BCUT2D eigenvalue weighted by atomic mass is 9.83. The molecule has 4 aromatic carbocycles. The van der Waals surface area contributed by atoms with E-state index in [0.29, 0.717) is 43.9 Å². The summed E-state index contributed by atoms with van der Waals surface area (Å²) in [4.78, 5) is 41.4. The molecular formula is C52H66N6O7. The molecule has 5 rings (SSSR count). The Morgan fingerprint density at radius 3 is 1.86 bits per heavy atom. The lowest BCUT2D eigenvalue weighted by Gasteiger charge is -2.36. The number of benzene rings is 4. The van der Waals surface area contributed by atoms with E-state index in [9.17, 15) is 19.7 Å². The molecule has 0 saturated carbocycles. The van der Waals surface area contributed by atoms with Crippen molar-refractivity contribution in [2.24, 2.45) is 21.6 Å².